The Balaban J connectivity index is 0.000000121. The monoisotopic (exact) mass is 1730 g/mol. The van der Waals surface area contributed by atoms with Crippen LogP contribution in [0.1, 0.15) is 83.1 Å². The van der Waals surface area contributed by atoms with E-state index in [0.29, 0.717) is 17.5 Å². The Kier molecular flexibility index (Phi) is 21.2. The molecule has 0 N–H and O–H groups in total. The highest BCUT2D eigenvalue weighted by Crippen LogP contribution is 2.46. The second-order valence-corrected chi connectivity index (χ2v) is 38.9. The van der Waals surface area contributed by atoms with Gasteiger partial charge in [0.1, 0.15) is 0 Å². The first-order chi connectivity index (χ1) is 62.8. The summed E-state index contributed by atoms with van der Waals surface area (Å²) in [6, 6.07) is 114. The Morgan fingerprint density at radius 2 is 0.638 bits per heavy atom. The zero-order valence-corrected chi connectivity index (χ0v) is 76.1. The Hall–Kier alpha value is -13.3. The maximum Gasteiger partial charge on any atom is 0.494 e. The molecule has 3 saturated heterocycles. The molecule has 0 aliphatic carbocycles. The predicted molar refractivity (Wildman–Crippen MR) is 538 cm³/mol. The molecular formula is C111H93B3N8O6S2. The normalized spacial score (nSPS) is 15.8. The van der Waals surface area contributed by atoms with Crippen LogP contribution in [-0.4, -0.2) is 94.4 Å². The van der Waals surface area contributed by atoms with Crippen LogP contribution in [0.5, 0.6) is 0 Å². The van der Waals surface area contributed by atoms with Crippen LogP contribution in [0.2, 0.25) is 0 Å². The summed E-state index contributed by atoms with van der Waals surface area (Å²) in [5.41, 5.74) is 18.4. The summed E-state index contributed by atoms with van der Waals surface area (Å²) in [5, 5.41) is 9.91. The van der Waals surface area contributed by atoms with E-state index in [2.05, 4.69) is 352 Å². The first-order valence-corrected chi connectivity index (χ1v) is 45.8. The lowest BCUT2D eigenvalue weighted by atomic mass is 9.78. The highest BCUT2D eigenvalue weighted by Gasteiger charge is 2.54. The quantitative estimate of drug-likeness (QED) is 0.101. The minimum Gasteiger partial charge on any atom is -0.399 e. The SMILES string of the molecule is CC1(C)OB(c2ccc(-c3cnc(-c4ccccc4)nc3-c3ccccc3)cc2)OC1(C)C.CC1(C)OB(c2ccc(-c3nc(-c4ccc5c(c4)sc4ccccc45)cc(-c4ccc5c(c4)sc4ccccc45)n3)cc2)OC1(C)C.CC1(C)OB(c2ccc(-c3nc(-c4ccccc4)cc(-c4ccc5c6ccc7ccccc7c6n(-c6cccnc6)c5c4)n3)cc2)OC1(C)C. The predicted octanol–water partition coefficient (Wildman–Crippen LogP) is 25.7. The minimum atomic E-state index is -0.434. The van der Waals surface area contributed by atoms with Gasteiger partial charge in [-0.25, -0.2) is 29.9 Å². The number of thiophene rings is 2. The number of aromatic nitrogens is 8. The van der Waals surface area contributed by atoms with E-state index in [1.54, 1.807) is 0 Å². The van der Waals surface area contributed by atoms with Crippen LogP contribution in [0.15, 0.2) is 346 Å². The summed E-state index contributed by atoms with van der Waals surface area (Å²) >= 11 is 3.64. The molecule has 0 unspecified atom stereocenters. The third-order valence-corrected chi connectivity index (χ3v) is 29.0. The van der Waals surface area contributed by atoms with Gasteiger partial charge in [0.25, 0.3) is 0 Å². The van der Waals surface area contributed by atoms with Gasteiger partial charge in [0.2, 0.25) is 0 Å². The van der Waals surface area contributed by atoms with Crippen molar-refractivity contribution in [2.24, 2.45) is 0 Å². The van der Waals surface area contributed by atoms with E-state index in [4.69, 9.17) is 52.8 Å². The van der Waals surface area contributed by atoms with Crippen LogP contribution >= 0.6 is 22.7 Å². The van der Waals surface area contributed by atoms with Gasteiger partial charge < -0.3 is 32.5 Å². The second kappa shape index (κ2) is 33.0. The zero-order chi connectivity index (χ0) is 89.0. The molecule has 634 valence electrons. The maximum absolute atomic E-state index is 6.31. The molecule has 3 fully saturated rings. The van der Waals surface area contributed by atoms with Crippen molar-refractivity contribution in [2.45, 2.75) is 117 Å². The van der Waals surface area contributed by atoms with Crippen molar-refractivity contribution in [1.29, 1.82) is 0 Å². The van der Waals surface area contributed by atoms with Gasteiger partial charge in [-0.05, 0) is 165 Å². The van der Waals surface area contributed by atoms with E-state index in [1.165, 1.54) is 67.4 Å². The third-order valence-electron chi connectivity index (χ3n) is 26.7. The van der Waals surface area contributed by atoms with Crippen LogP contribution < -0.4 is 16.4 Å². The smallest absolute Gasteiger partial charge is 0.399 e. The van der Waals surface area contributed by atoms with Crippen LogP contribution in [0.25, 0.3) is 180 Å². The Morgan fingerprint density at radius 1 is 0.269 bits per heavy atom. The fraction of sp³-hybridized carbons (Fsp3) is 0.162. The number of benzene rings is 13. The molecular weight excluding hydrogens is 1640 g/mol. The molecule has 19 heteroatoms. The number of fused-ring (bicyclic) bond motifs is 11. The molecule has 0 radical (unpaired) electrons. The van der Waals surface area contributed by atoms with Gasteiger partial charge in [-0.3, -0.25) is 4.98 Å². The van der Waals surface area contributed by atoms with Crippen molar-refractivity contribution in [2.75, 3.05) is 0 Å². The van der Waals surface area contributed by atoms with Gasteiger partial charge >= 0.3 is 21.4 Å². The van der Waals surface area contributed by atoms with Crippen LogP contribution in [0, 0.1) is 0 Å². The first kappa shape index (κ1) is 83.6. The summed E-state index contributed by atoms with van der Waals surface area (Å²) in [6.45, 7) is 24.9. The van der Waals surface area contributed by atoms with Crippen LogP contribution in [0.4, 0.5) is 0 Å². The number of nitrogens with zero attached hydrogens (tertiary/aromatic N) is 8. The van der Waals surface area contributed by atoms with E-state index in [9.17, 15) is 0 Å². The zero-order valence-electron chi connectivity index (χ0n) is 74.5. The fourth-order valence-corrected chi connectivity index (χ4v) is 19.6. The van der Waals surface area contributed by atoms with E-state index >= 15 is 0 Å². The van der Waals surface area contributed by atoms with Crippen LogP contribution in [-0.2, 0) is 27.9 Å². The molecule has 20 aromatic rings. The van der Waals surface area contributed by atoms with Crippen LogP contribution in [0.3, 0.4) is 0 Å². The molecule has 23 rings (SSSR count). The van der Waals surface area contributed by atoms with Gasteiger partial charge in [-0.15, -0.1) is 22.7 Å². The molecule has 10 heterocycles. The molecule has 7 aromatic heterocycles. The van der Waals surface area contributed by atoms with E-state index < -0.39 is 36.6 Å². The lowest BCUT2D eigenvalue weighted by Gasteiger charge is -2.32. The number of rotatable bonds is 13. The van der Waals surface area contributed by atoms with Crippen molar-refractivity contribution in [3.05, 3.63) is 346 Å². The third kappa shape index (κ3) is 15.7. The van der Waals surface area contributed by atoms with Gasteiger partial charge in [0, 0.05) is 119 Å². The van der Waals surface area contributed by atoms with Crippen molar-refractivity contribution in [3.8, 4) is 107 Å². The van der Waals surface area contributed by atoms with Gasteiger partial charge in [0.05, 0.1) is 85.0 Å². The molecule has 0 bridgehead atoms. The van der Waals surface area contributed by atoms with E-state index in [0.717, 1.165) is 112 Å². The Morgan fingerprint density at radius 3 is 1.10 bits per heavy atom. The molecule has 0 spiro atoms. The van der Waals surface area contributed by atoms with Gasteiger partial charge in [0.15, 0.2) is 17.5 Å². The van der Waals surface area contributed by atoms with Crippen molar-refractivity contribution in [3.63, 3.8) is 0 Å². The molecule has 130 heavy (non-hydrogen) atoms. The minimum absolute atomic E-state index is 0.363. The molecule has 13 aromatic carbocycles. The summed E-state index contributed by atoms with van der Waals surface area (Å²) in [4.78, 5) is 34.8. The second-order valence-electron chi connectivity index (χ2n) is 36.7. The van der Waals surface area contributed by atoms with Gasteiger partial charge in [-0.2, -0.15) is 0 Å². The maximum atomic E-state index is 6.31. The van der Waals surface area contributed by atoms with Crippen molar-refractivity contribution in [1.82, 2.24) is 39.5 Å². The summed E-state index contributed by atoms with van der Waals surface area (Å²) in [5.74, 6) is 2.05. The standard InChI is InChI=1S/C43H35BN4O2.C40H31BN2O2S2.C28H27BN2O2/c1-42(2)43(3,4)50-44(49-42)32-20-16-30(17-21-32)41-46-37(29-12-6-5-7-13-29)26-38(47-41)31-19-22-35-36-23-18-28-11-8-9-15-34(28)40(36)48(39(35)25-31)33-14-10-24-45-27-33;1-39(2)40(3,4)45-41(44-39)27-17-13-24(14-18-27)38-42-32(25-15-19-30-28-9-5-7-11-34(28)46-36(30)21-25)23-33(43-38)26-16-20-31-29-10-6-8-12-35(29)47-37(31)22-26;1-27(2)28(3,4)33-29(32-27)23-17-15-20(16-18-23)24-19-30-26(22-13-9-6-10-14-22)31-25(24)21-11-7-5-8-12-21/h5-27H,1-4H3;5-23H,1-4H3;5-19H,1-4H3. The Labute approximate surface area is 765 Å². The van der Waals surface area contributed by atoms with Crippen molar-refractivity contribution < 1.29 is 27.9 Å². The molecule has 0 atom stereocenters. The highest BCUT2D eigenvalue weighted by atomic mass is 32.1. The van der Waals surface area contributed by atoms with Crippen molar-refractivity contribution >= 4 is 133 Å². The average Bonchev–Trinajstić information content (AvgIpc) is 1.57. The first-order valence-electron chi connectivity index (χ1n) is 44.2. The largest absolute Gasteiger partial charge is 0.494 e. The number of hydrogen-bond donors (Lipinski definition) is 0. The number of hydrogen-bond acceptors (Lipinski definition) is 15. The van der Waals surface area contributed by atoms with E-state index in [-0.39, 0.29) is 18.3 Å². The van der Waals surface area contributed by atoms with Gasteiger partial charge in [-0.1, -0.05) is 273 Å². The molecule has 3 aliphatic rings. The fourth-order valence-electron chi connectivity index (χ4n) is 17.3. The summed E-state index contributed by atoms with van der Waals surface area (Å²) in [7, 11) is -1.23. The molecule has 3 aliphatic heterocycles. The summed E-state index contributed by atoms with van der Waals surface area (Å²) in [6.07, 6.45) is 5.66. The lowest BCUT2D eigenvalue weighted by Crippen LogP contribution is -2.41. The highest BCUT2D eigenvalue weighted by molar-refractivity contribution is 7.26. The lowest BCUT2D eigenvalue weighted by molar-refractivity contribution is 0.00578. The molecule has 14 nitrogen and oxygen atoms in total. The average molecular weight is 1730 g/mol. The topological polar surface area (TPSA) is 151 Å². The molecule has 0 saturated carbocycles. The Bertz CT molecular complexity index is 7530. The molecule has 0 amide bonds. The summed E-state index contributed by atoms with van der Waals surface area (Å²) < 4.78 is 45.1. The number of pyridine rings is 1. The van der Waals surface area contributed by atoms with E-state index in [1.807, 2.05) is 114 Å².